The van der Waals surface area contributed by atoms with Gasteiger partial charge in [-0.05, 0) is 35.9 Å². The number of nitrogens with one attached hydrogen (secondary N) is 2. The molecule has 2 aromatic carbocycles. The van der Waals surface area contributed by atoms with E-state index in [2.05, 4.69) is 15.5 Å². The zero-order valence-electron chi connectivity index (χ0n) is 13.4. The Bertz CT molecular complexity index is 1040. The van der Waals surface area contributed by atoms with Crippen molar-refractivity contribution < 1.29 is 13.9 Å². The highest BCUT2D eigenvalue weighted by Gasteiger charge is 2.14. The summed E-state index contributed by atoms with van der Waals surface area (Å²) < 4.78 is 10.5. The number of carbonyl (C=O) groups excluding carboxylic acids is 1. The minimum absolute atomic E-state index is 0.238. The summed E-state index contributed by atoms with van der Waals surface area (Å²) in [5.41, 5.74) is 2.80. The zero-order chi connectivity index (χ0) is 17.2. The number of hydrogen-bond donors (Lipinski definition) is 2. The van der Waals surface area contributed by atoms with Crippen LogP contribution in [0.25, 0.3) is 22.0 Å². The van der Waals surface area contributed by atoms with E-state index in [0.717, 1.165) is 27.8 Å². The van der Waals surface area contributed by atoms with Crippen molar-refractivity contribution in [1.29, 1.82) is 0 Å². The molecule has 0 aliphatic rings. The molecule has 0 atom stereocenters. The number of methoxy groups -OCH3 is 1. The molecule has 2 aromatic heterocycles. The van der Waals surface area contributed by atoms with Crippen LogP contribution in [0.4, 0.5) is 5.82 Å². The number of rotatable bonds is 4. The van der Waals surface area contributed by atoms with Crippen molar-refractivity contribution in [2.24, 2.45) is 0 Å². The lowest BCUT2D eigenvalue weighted by atomic mass is 10.0. The molecule has 124 valence electrons. The van der Waals surface area contributed by atoms with Gasteiger partial charge in [0.05, 0.1) is 18.9 Å². The van der Waals surface area contributed by atoms with E-state index in [1.54, 1.807) is 19.2 Å². The summed E-state index contributed by atoms with van der Waals surface area (Å²) in [4.78, 5) is 12.1. The van der Waals surface area contributed by atoms with Gasteiger partial charge in [0, 0.05) is 10.9 Å². The van der Waals surface area contributed by atoms with Gasteiger partial charge in [-0.3, -0.25) is 9.89 Å². The van der Waals surface area contributed by atoms with Crippen molar-refractivity contribution in [1.82, 2.24) is 10.2 Å². The number of anilines is 1. The standard InChI is InChI=1S/C19H15N3O3/c1-24-16-6-3-2-5-13(16)12-8-9-14-15(11-12)21-22-18(14)20-19(23)17-7-4-10-25-17/h2-11H,1H3,(H2,20,21,22,23). The monoisotopic (exact) mass is 333 g/mol. The number of fused-ring (bicyclic) bond motifs is 1. The second-order valence-electron chi connectivity index (χ2n) is 5.46. The number of carbonyl (C=O) groups is 1. The van der Waals surface area contributed by atoms with Gasteiger partial charge in [-0.25, -0.2) is 0 Å². The largest absolute Gasteiger partial charge is 0.496 e. The Labute approximate surface area is 143 Å². The van der Waals surface area contributed by atoms with Gasteiger partial charge in [-0.1, -0.05) is 24.3 Å². The van der Waals surface area contributed by atoms with Gasteiger partial charge in [0.15, 0.2) is 11.6 Å². The fraction of sp³-hybridized carbons (Fsp3) is 0.0526. The Balaban J connectivity index is 1.68. The number of H-pyrrole nitrogens is 1. The first-order chi connectivity index (χ1) is 12.3. The van der Waals surface area contributed by atoms with E-state index in [0.29, 0.717) is 5.82 Å². The molecular weight excluding hydrogens is 318 g/mol. The van der Waals surface area contributed by atoms with Crippen LogP contribution >= 0.6 is 0 Å². The summed E-state index contributed by atoms with van der Waals surface area (Å²) in [5.74, 6) is 1.16. The molecule has 6 nitrogen and oxygen atoms in total. The van der Waals surface area contributed by atoms with Crippen LogP contribution in [0.2, 0.25) is 0 Å². The average molecular weight is 333 g/mol. The lowest BCUT2D eigenvalue weighted by Crippen LogP contribution is -2.11. The Morgan fingerprint density at radius 1 is 1.16 bits per heavy atom. The molecule has 4 rings (SSSR count). The summed E-state index contributed by atoms with van der Waals surface area (Å²) in [7, 11) is 1.65. The molecule has 0 fully saturated rings. The summed E-state index contributed by atoms with van der Waals surface area (Å²) in [6, 6.07) is 16.9. The summed E-state index contributed by atoms with van der Waals surface area (Å²) >= 11 is 0. The van der Waals surface area contributed by atoms with E-state index in [-0.39, 0.29) is 11.7 Å². The van der Waals surface area contributed by atoms with Gasteiger partial charge in [0.1, 0.15) is 5.75 Å². The topological polar surface area (TPSA) is 80.2 Å². The molecule has 0 saturated heterocycles. The van der Waals surface area contributed by atoms with Gasteiger partial charge in [0.25, 0.3) is 5.91 Å². The number of aromatic nitrogens is 2. The third kappa shape index (κ3) is 2.74. The fourth-order valence-electron chi connectivity index (χ4n) is 2.74. The van der Waals surface area contributed by atoms with Crippen molar-refractivity contribution >= 4 is 22.6 Å². The van der Waals surface area contributed by atoms with E-state index in [9.17, 15) is 4.79 Å². The minimum Gasteiger partial charge on any atom is -0.496 e. The first-order valence-corrected chi connectivity index (χ1v) is 7.72. The van der Waals surface area contributed by atoms with E-state index >= 15 is 0 Å². The van der Waals surface area contributed by atoms with Gasteiger partial charge in [-0.15, -0.1) is 0 Å². The van der Waals surface area contributed by atoms with Crippen LogP contribution in [0.3, 0.4) is 0 Å². The van der Waals surface area contributed by atoms with Crippen LogP contribution in [0.5, 0.6) is 5.75 Å². The van der Waals surface area contributed by atoms with Crippen molar-refractivity contribution in [2.45, 2.75) is 0 Å². The highest BCUT2D eigenvalue weighted by Crippen LogP contribution is 2.32. The van der Waals surface area contributed by atoms with E-state index in [1.165, 1.54) is 6.26 Å². The lowest BCUT2D eigenvalue weighted by Gasteiger charge is -2.08. The van der Waals surface area contributed by atoms with Crippen LogP contribution in [0.15, 0.2) is 65.3 Å². The predicted octanol–water partition coefficient (Wildman–Crippen LogP) is 4.08. The number of furan rings is 1. The van der Waals surface area contributed by atoms with Crippen molar-refractivity contribution in [3.8, 4) is 16.9 Å². The summed E-state index contributed by atoms with van der Waals surface area (Å²) in [6.07, 6.45) is 1.46. The lowest BCUT2D eigenvalue weighted by molar-refractivity contribution is 0.0996. The minimum atomic E-state index is -0.341. The predicted molar refractivity (Wildman–Crippen MR) is 94.7 cm³/mol. The van der Waals surface area contributed by atoms with Crippen LogP contribution in [-0.2, 0) is 0 Å². The fourth-order valence-corrected chi connectivity index (χ4v) is 2.74. The van der Waals surface area contributed by atoms with Gasteiger partial charge >= 0.3 is 0 Å². The molecule has 0 unspecified atom stereocenters. The van der Waals surface area contributed by atoms with E-state index in [1.807, 2.05) is 42.5 Å². The molecule has 0 spiro atoms. The van der Waals surface area contributed by atoms with Crippen molar-refractivity contribution in [2.75, 3.05) is 12.4 Å². The number of ether oxygens (including phenoxy) is 1. The maximum atomic E-state index is 12.1. The second kappa shape index (κ2) is 6.16. The molecule has 0 aliphatic heterocycles. The Morgan fingerprint density at radius 2 is 2.04 bits per heavy atom. The second-order valence-corrected chi connectivity index (χ2v) is 5.46. The van der Waals surface area contributed by atoms with Crippen LogP contribution in [0, 0.1) is 0 Å². The molecule has 2 heterocycles. The SMILES string of the molecule is COc1ccccc1-c1ccc2c(NC(=O)c3ccco3)n[nH]c2c1. The highest BCUT2D eigenvalue weighted by atomic mass is 16.5. The van der Waals surface area contributed by atoms with Crippen LogP contribution in [-0.4, -0.2) is 23.2 Å². The number of amides is 1. The Hall–Kier alpha value is -3.54. The smallest absolute Gasteiger partial charge is 0.292 e. The van der Waals surface area contributed by atoms with Gasteiger partial charge in [-0.2, -0.15) is 5.10 Å². The molecule has 0 saturated carbocycles. The quantitative estimate of drug-likeness (QED) is 0.589. The van der Waals surface area contributed by atoms with E-state index in [4.69, 9.17) is 9.15 Å². The highest BCUT2D eigenvalue weighted by molar-refractivity contribution is 6.06. The van der Waals surface area contributed by atoms with Crippen molar-refractivity contribution in [3.63, 3.8) is 0 Å². The third-order valence-electron chi connectivity index (χ3n) is 3.96. The number of aromatic amines is 1. The van der Waals surface area contributed by atoms with E-state index < -0.39 is 0 Å². The Morgan fingerprint density at radius 3 is 2.84 bits per heavy atom. The molecule has 1 amide bonds. The molecular formula is C19H15N3O3. The first kappa shape index (κ1) is 15.0. The molecule has 0 radical (unpaired) electrons. The molecule has 25 heavy (non-hydrogen) atoms. The molecule has 0 bridgehead atoms. The number of benzene rings is 2. The number of nitrogens with zero attached hydrogens (tertiary/aromatic N) is 1. The zero-order valence-corrected chi connectivity index (χ0v) is 13.4. The van der Waals surface area contributed by atoms with Crippen molar-refractivity contribution in [3.05, 3.63) is 66.6 Å². The normalized spacial score (nSPS) is 10.8. The van der Waals surface area contributed by atoms with Gasteiger partial charge in [0.2, 0.25) is 0 Å². The first-order valence-electron chi connectivity index (χ1n) is 7.72. The third-order valence-corrected chi connectivity index (χ3v) is 3.96. The summed E-state index contributed by atoms with van der Waals surface area (Å²) in [6.45, 7) is 0. The summed E-state index contributed by atoms with van der Waals surface area (Å²) in [5, 5.41) is 10.7. The number of para-hydroxylation sites is 1. The van der Waals surface area contributed by atoms with Crippen LogP contribution in [0.1, 0.15) is 10.6 Å². The molecule has 0 aliphatic carbocycles. The number of hydrogen-bond acceptors (Lipinski definition) is 4. The maximum absolute atomic E-state index is 12.1. The van der Waals surface area contributed by atoms with Crippen LogP contribution < -0.4 is 10.1 Å². The average Bonchev–Trinajstić information content (AvgIpc) is 3.31. The molecule has 4 aromatic rings. The van der Waals surface area contributed by atoms with Gasteiger partial charge < -0.3 is 14.5 Å². The molecule has 6 heteroatoms. The maximum Gasteiger partial charge on any atom is 0.292 e. The molecule has 2 N–H and O–H groups in total. The Kier molecular flexibility index (Phi) is 3.70.